The minimum absolute atomic E-state index is 0.300. The molecule has 1 saturated heterocycles. The summed E-state index contributed by atoms with van der Waals surface area (Å²) < 4.78 is 2.22. The number of Topliss-reactive ketones (excluding diaryl/α,β-unsaturated/α-hetero) is 1. The monoisotopic (exact) mass is 389 g/mol. The molecular formula is C24H43N3O. The molecule has 4 heteroatoms. The average molecular weight is 390 g/mol. The maximum atomic E-state index is 12.3. The lowest BCUT2D eigenvalue weighted by Crippen LogP contribution is -2.37. The first-order valence-electron chi connectivity index (χ1n) is 11.9. The molecule has 0 spiro atoms. The number of carbonyl (C=O) groups is 1. The van der Waals surface area contributed by atoms with Crippen LogP contribution in [0.4, 0.5) is 0 Å². The molecule has 0 N–H and O–H groups in total. The van der Waals surface area contributed by atoms with Crippen molar-refractivity contribution in [2.75, 3.05) is 19.6 Å². The number of rotatable bonds is 13. The van der Waals surface area contributed by atoms with Crippen LogP contribution in [-0.4, -0.2) is 40.1 Å². The number of likely N-dealkylation sites (tertiary alicyclic amines) is 1. The first kappa shape index (κ1) is 23.1. The van der Waals surface area contributed by atoms with Gasteiger partial charge in [-0.2, -0.15) is 5.10 Å². The number of ketones is 1. The van der Waals surface area contributed by atoms with Crippen LogP contribution in [0.15, 0.2) is 12.4 Å². The minimum Gasteiger partial charge on any atom is -0.301 e. The number of hydrogen-bond donors (Lipinski definition) is 0. The number of carbonyl (C=O) groups excluding carboxylic acids is 1. The summed E-state index contributed by atoms with van der Waals surface area (Å²) in [4.78, 5) is 14.9. The smallest absolute Gasteiger partial charge is 0.135 e. The van der Waals surface area contributed by atoms with Gasteiger partial charge in [0.05, 0.1) is 12.2 Å². The number of aromatic nitrogens is 2. The normalized spacial score (nSPS) is 20.2. The van der Waals surface area contributed by atoms with Gasteiger partial charge in [0.15, 0.2) is 0 Å². The Labute approximate surface area is 173 Å². The summed E-state index contributed by atoms with van der Waals surface area (Å²) in [7, 11) is 0. The first-order valence-corrected chi connectivity index (χ1v) is 11.9. The zero-order chi connectivity index (χ0) is 20.4. The third-order valence-corrected chi connectivity index (χ3v) is 6.50. The van der Waals surface area contributed by atoms with E-state index in [4.69, 9.17) is 0 Å². The summed E-state index contributed by atoms with van der Waals surface area (Å²) in [6.45, 7) is 12.3. The highest BCUT2D eigenvalue weighted by atomic mass is 16.1. The van der Waals surface area contributed by atoms with Crippen LogP contribution in [0.2, 0.25) is 0 Å². The Bertz CT molecular complexity index is 568. The zero-order valence-corrected chi connectivity index (χ0v) is 18.8. The van der Waals surface area contributed by atoms with E-state index < -0.39 is 0 Å². The van der Waals surface area contributed by atoms with E-state index in [-0.39, 0.29) is 0 Å². The molecule has 0 aromatic carbocycles. The van der Waals surface area contributed by atoms with Gasteiger partial charge in [-0.05, 0) is 69.5 Å². The highest BCUT2D eigenvalue weighted by Crippen LogP contribution is 2.25. The summed E-state index contributed by atoms with van der Waals surface area (Å²) in [6.07, 6.45) is 15.4. The molecule has 0 bridgehead atoms. The van der Waals surface area contributed by atoms with E-state index in [9.17, 15) is 4.79 Å². The Balaban J connectivity index is 1.74. The van der Waals surface area contributed by atoms with Gasteiger partial charge in [-0.1, -0.05) is 40.5 Å². The van der Waals surface area contributed by atoms with Gasteiger partial charge in [-0.3, -0.25) is 9.48 Å². The summed E-state index contributed by atoms with van der Waals surface area (Å²) in [6, 6.07) is 0.506. The van der Waals surface area contributed by atoms with Crippen molar-refractivity contribution >= 4 is 5.78 Å². The van der Waals surface area contributed by atoms with Crippen LogP contribution in [0.1, 0.15) is 109 Å². The molecule has 0 aliphatic carbocycles. The van der Waals surface area contributed by atoms with Crippen LogP contribution in [0.3, 0.4) is 0 Å². The second kappa shape index (κ2) is 12.4. The third kappa shape index (κ3) is 7.02. The van der Waals surface area contributed by atoms with E-state index in [0.717, 1.165) is 51.6 Å². The predicted octanol–water partition coefficient (Wildman–Crippen LogP) is 5.99. The van der Waals surface area contributed by atoms with Gasteiger partial charge in [0.2, 0.25) is 0 Å². The molecule has 3 unspecified atom stereocenters. The van der Waals surface area contributed by atoms with Gasteiger partial charge in [0, 0.05) is 25.1 Å². The summed E-state index contributed by atoms with van der Waals surface area (Å²) in [5.74, 6) is 1.40. The Hall–Kier alpha value is -1.16. The molecule has 1 aliphatic rings. The van der Waals surface area contributed by atoms with Crippen molar-refractivity contribution in [3.8, 4) is 0 Å². The van der Waals surface area contributed by atoms with Gasteiger partial charge in [0.25, 0.3) is 0 Å². The van der Waals surface area contributed by atoms with E-state index in [1.165, 1.54) is 37.8 Å². The molecule has 2 rings (SSSR count). The van der Waals surface area contributed by atoms with Crippen LogP contribution < -0.4 is 0 Å². The largest absolute Gasteiger partial charge is 0.301 e. The molecule has 0 saturated carbocycles. The summed E-state index contributed by atoms with van der Waals surface area (Å²) in [5, 5.41) is 4.69. The molecule has 1 aliphatic heterocycles. The number of nitrogens with zero attached hydrogens (tertiary/aromatic N) is 3. The molecule has 4 nitrogen and oxygen atoms in total. The van der Waals surface area contributed by atoms with E-state index in [0.29, 0.717) is 23.7 Å². The van der Waals surface area contributed by atoms with Crippen molar-refractivity contribution in [3.05, 3.63) is 18.0 Å². The van der Waals surface area contributed by atoms with E-state index in [1.54, 1.807) is 0 Å². The third-order valence-electron chi connectivity index (χ3n) is 6.50. The topological polar surface area (TPSA) is 38.1 Å². The molecule has 3 atom stereocenters. The summed E-state index contributed by atoms with van der Waals surface area (Å²) in [5.41, 5.74) is 1.38. The van der Waals surface area contributed by atoms with Gasteiger partial charge < -0.3 is 4.90 Å². The highest BCUT2D eigenvalue weighted by molar-refractivity contribution is 5.80. The van der Waals surface area contributed by atoms with Crippen LogP contribution in [0.25, 0.3) is 0 Å². The lowest BCUT2D eigenvalue weighted by Gasteiger charge is -2.32. The van der Waals surface area contributed by atoms with Crippen molar-refractivity contribution in [3.63, 3.8) is 0 Å². The van der Waals surface area contributed by atoms with E-state index in [1.807, 2.05) is 0 Å². The Morgan fingerprint density at radius 2 is 2.00 bits per heavy atom. The average Bonchev–Trinajstić information content (AvgIpc) is 3.20. The van der Waals surface area contributed by atoms with Gasteiger partial charge in [-0.25, -0.2) is 0 Å². The first-order chi connectivity index (χ1) is 13.6. The SMILES string of the molecule is CCCC(CC)C(=O)CCCCN1CCCC(n2cc(C(C)CCC)cn2)C1. The molecule has 160 valence electrons. The molecular weight excluding hydrogens is 346 g/mol. The van der Waals surface area contributed by atoms with Crippen molar-refractivity contribution in [1.82, 2.24) is 14.7 Å². The summed E-state index contributed by atoms with van der Waals surface area (Å²) >= 11 is 0. The van der Waals surface area contributed by atoms with Crippen LogP contribution in [0, 0.1) is 5.92 Å². The Morgan fingerprint density at radius 1 is 1.21 bits per heavy atom. The molecule has 0 amide bonds. The second-order valence-corrected chi connectivity index (χ2v) is 8.86. The van der Waals surface area contributed by atoms with Crippen LogP contribution in [-0.2, 0) is 4.79 Å². The number of hydrogen-bond acceptors (Lipinski definition) is 3. The standard InChI is InChI=1S/C24H43N3O/c1-5-11-20(4)22-17-25-27(18-22)23-13-10-16-26(19-23)15-9-8-14-24(28)21(7-3)12-6-2/h17-18,20-21,23H,5-16,19H2,1-4H3. The maximum absolute atomic E-state index is 12.3. The van der Waals surface area contributed by atoms with Crippen molar-refractivity contribution < 1.29 is 4.79 Å². The number of unbranched alkanes of at least 4 members (excludes halogenated alkanes) is 1. The quantitative estimate of drug-likeness (QED) is 0.389. The maximum Gasteiger partial charge on any atom is 0.135 e. The lowest BCUT2D eigenvalue weighted by atomic mass is 9.93. The zero-order valence-electron chi connectivity index (χ0n) is 18.8. The number of piperidine rings is 1. The van der Waals surface area contributed by atoms with Crippen molar-refractivity contribution in [1.29, 1.82) is 0 Å². The Kier molecular flexibility index (Phi) is 10.3. The second-order valence-electron chi connectivity index (χ2n) is 8.86. The lowest BCUT2D eigenvalue weighted by molar-refractivity contribution is -0.123. The van der Waals surface area contributed by atoms with Gasteiger partial charge in [-0.15, -0.1) is 0 Å². The molecule has 0 radical (unpaired) electrons. The van der Waals surface area contributed by atoms with E-state index in [2.05, 4.69) is 54.8 Å². The van der Waals surface area contributed by atoms with Crippen LogP contribution in [0.5, 0.6) is 0 Å². The fourth-order valence-electron chi connectivity index (χ4n) is 4.64. The van der Waals surface area contributed by atoms with Gasteiger partial charge in [0.1, 0.15) is 5.78 Å². The molecule has 2 heterocycles. The molecule has 1 aromatic heterocycles. The highest BCUT2D eigenvalue weighted by Gasteiger charge is 2.22. The predicted molar refractivity (Wildman–Crippen MR) is 118 cm³/mol. The molecule has 1 fully saturated rings. The van der Waals surface area contributed by atoms with Crippen molar-refractivity contribution in [2.24, 2.45) is 5.92 Å². The molecule has 1 aromatic rings. The minimum atomic E-state index is 0.300. The Morgan fingerprint density at radius 3 is 2.71 bits per heavy atom. The fourth-order valence-corrected chi connectivity index (χ4v) is 4.64. The van der Waals surface area contributed by atoms with Crippen LogP contribution >= 0.6 is 0 Å². The van der Waals surface area contributed by atoms with Gasteiger partial charge >= 0.3 is 0 Å². The molecule has 28 heavy (non-hydrogen) atoms. The van der Waals surface area contributed by atoms with Crippen molar-refractivity contribution in [2.45, 2.75) is 104 Å². The fraction of sp³-hybridized carbons (Fsp3) is 0.833. The van der Waals surface area contributed by atoms with E-state index >= 15 is 0 Å².